The smallest absolute Gasteiger partial charge is 0.407 e. The van der Waals surface area contributed by atoms with Crippen LogP contribution in [0.4, 0.5) is 15.3 Å². The summed E-state index contributed by atoms with van der Waals surface area (Å²) in [5, 5.41) is 11.3. The summed E-state index contributed by atoms with van der Waals surface area (Å²) < 4.78 is 43.5. The van der Waals surface area contributed by atoms with Gasteiger partial charge in [0.25, 0.3) is 11.8 Å². The lowest BCUT2D eigenvalue weighted by Crippen LogP contribution is -2.45. The number of benzene rings is 1. The lowest BCUT2D eigenvalue weighted by atomic mass is 9.89. The van der Waals surface area contributed by atoms with Gasteiger partial charge >= 0.3 is 18.1 Å². The maximum absolute atomic E-state index is 13.6. The first-order valence-electron chi connectivity index (χ1n) is 24.2. The Kier molecular flexibility index (Phi) is 31.9. The number of anilines is 1. The third-order valence-corrected chi connectivity index (χ3v) is 10.3. The number of carbonyl (C=O) groups excluding carboxylic acids is 8. The first kappa shape index (κ1) is 61.8. The van der Waals surface area contributed by atoms with Gasteiger partial charge in [-0.15, -0.1) is 5.06 Å². The molecular weight excluding hydrogens is 933 g/mol. The van der Waals surface area contributed by atoms with Gasteiger partial charge in [-0.05, 0) is 48.3 Å². The molecule has 0 bridgehead atoms. The summed E-state index contributed by atoms with van der Waals surface area (Å²) in [6.45, 7) is 14.8. The molecule has 0 saturated carbocycles. The number of primary amides is 1. The number of hydroxylamine groups is 2. The molecule has 0 spiro atoms. The Morgan fingerprint density at radius 3 is 1.73 bits per heavy atom. The lowest BCUT2D eigenvalue weighted by Gasteiger charge is -2.24. The molecule has 1 heterocycles. The molecule has 23 heteroatoms. The molecule has 2 rings (SSSR count). The highest BCUT2D eigenvalue weighted by Crippen LogP contribution is 2.20. The molecule has 0 aliphatic carbocycles. The zero-order chi connectivity index (χ0) is 52.3. The highest BCUT2D eigenvalue weighted by atomic mass is 16.7. The molecule has 1 fully saturated rings. The van der Waals surface area contributed by atoms with Crippen molar-refractivity contribution >= 4 is 53.2 Å². The molecule has 1 saturated heterocycles. The van der Waals surface area contributed by atoms with Crippen LogP contribution in [0, 0.1) is 17.3 Å². The van der Waals surface area contributed by atoms with E-state index in [9.17, 15) is 38.4 Å². The summed E-state index contributed by atoms with van der Waals surface area (Å²) in [7, 11) is 0. The number of imide groups is 1. The van der Waals surface area contributed by atoms with Crippen LogP contribution < -0.4 is 27.0 Å². The van der Waals surface area contributed by atoms with E-state index in [0.29, 0.717) is 75.6 Å². The minimum absolute atomic E-state index is 0.00187. The minimum atomic E-state index is -0.859. The molecule has 1 aliphatic heterocycles. The van der Waals surface area contributed by atoms with Crippen molar-refractivity contribution in [1.82, 2.24) is 21.0 Å². The molecular formula is C48H78N6O17. The number of nitrogens with one attached hydrogen (secondary N) is 4. The second-order valence-corrected chi connectivity index (χ2v) is 17.9. The fraction of sp³-hybridized carbons (Fsp3) is 0.708. The second kappa shape index (κ2) is 36.6. The fourth-order valence-electron chi connectivity index (χ4n) is 6.28. The van der Waals surface area contributed by atoms with Crippen LogP contribution in [0.5, 0.6) is 0 Å². The van der Waals surface area contributed by atoms with E-state index >= 15 is 0 Å². The average Bonchev–Trinajstić information content (AvgIpc) is 3.63. The summed E-state index contributed by atoms with van der Waals surface area (Å²) in [4.78, 5) is 103. The van der Waals surface area contributed by atoms with Crippen LogP contribution in [0.15, 0.2) is 24.3 Å². The van der Waals surface area contributed by atoms with Gasteiger partial charge in [-0.1, -0.05) is 46.8 Å². The van der Waals surface area contributed by atoms with Crippen molar-refractivity contribution in [3.8, 4) is 0 Å². The summed E-state index contributed by atoms with van der Waals surface area (Å²) in [5.41, 5.74) is 6.55. The van der Waals surface area contributed by atoms with E-state index in [-0.39, 0.29) is 121 Å². The Morgan fingerprint density at radius 2 is 1.20 bits per heavy atom. The lowest BCUT2D eigenvalue weighted by molar-refractivity contribution is -0.198. The van der Waals surface area contributed by atoms with Crippen LogP contribution in [-0.4, -0.2) is 164 Å². The van der Waals surface area contributed by atoms with E-state index in [2.05, 4.69) is 42.0 Å². The highest BCUT2D eigenvalue weighted by molar-refractivity contribution is 6.01. The highest BCUT2D eigenvalue weighted by Gasteiger charge is 2.33. The first-order chi connectivity index (χ1) is 33.9. The van der Waals surface area contributed by atoms with Crippen molar-refractivity contribution in [3.63, 3.8) is 0 Å². The Hall–Kier alpha value is -5.30. The number of nitrogens with zero attached hydrogens (tertiary/aromatic N) is 1. The van der Waals surface area contributed by atoms with Gasteiger partial charge in [0.2, 0.25) is 11.8 Å². The third-order valence-electron chi connectivity index (χ3n) is 10.3. The van der Waals surface area contributed by atoms with E-state index in [0.717, 1.165) is 6.42 Å². The Morgan fingerprint density at radius 1 is 0.676 bits per heavy atom. The molecule has 2 atom stereocenters. The fourth-order valence-corrected chi connectivity index (χ4v) is 6.28. The quantitative estimate of drug-likeness (QED) is 0.0466. The van der Waals surface area contributed by atoms with Crippen molar-refractivity contribution < 1.29 is 81.1 Å². The van der Waals surface area contributed by atoms with Crippen molar-refractivity contribution in [2.75, 3.05) is 111 Å². The molecule has 402 valence electrons. The number of carbonyl (C=O) groups is 8. The van der Waals surface area contributed by atoms with E-state index in [4.69, 9.17) is 48.5 Å². The van der Waals surface area contributed by atoms with Gasteiger partial charge in [0.05, 0.1) is 98.4 Å². The van der Waals surface area contributed by atoms with Crippen LogP contribution in [-0.2, 0) is 78.1 Å². The number of hydrogen-bond donors (Lipinski definition) is 5. The average molecular weight is 1010 g/mol. The summed E-state index contributed by atoms with van der Waals surface area (Å²) in [6, 6.07) is 5.14. The van der Waals surface area contributed by atoms with Crippen LogP contribution >= 0.6 is 0 Å². The number of alkyl carbamates (subject to hydrolysis) is 1. The molecule has 1 aromatic carbocycles. The number of urea groups is 1. The van der Waals surface area contributed by atoms with E-state index in [1.54, 1.807) is 38.1 Å². The second-order valence-electron chi connectivity index (χ2n) is 17.9. The molecule has 23 nitrogen and oxygen atoms in total. The van der Waals surface area contributed by atoms with E-state index in [1.165, 1.54) is 0 Å². The Labute approximate surface area is 416 Å². The summed E-state index contributed by atoms with van der Waals surface area (Å²) >= 11 is 0. The maximum Gasteiger partial charge on any atom is 0.407 e. The van der Waals surface area contributed by atoms with Crippen molar-refractivity contribution in [1.29, 1.82) is 0 Å². The first-order valence-corrected chi connectivity index (χ1v) is 24.2. The van der Waals surface area contributed by atoms with Gasteiger partial charge in [0, 0.05) is 57.0 Å². The maximum atomic E-state index is 13.6. The number of rotatable bonds is 40. The van der Waals surface area contributed by atoms with Gasteiger partial charge in [-0.3, -0.25) is 24.0 Å². The number of ketones is 1. The van der Waals surface area contributed by atoms with Crippen LogP contribution in [0.3, 0.4) is 0 Å². The monoisotopic (exact) mass is 1010 g/mol. The number of nitrogens with two attached hydrogens (primary N) is 1. The predicted octanol–water partition coefficient (Wildman–Crippen LogP) is 2.96. The van der Waals surface area contributed by atoms with Gasteiger partial charge in [0.1, 0.15) is 6.61 Å². The number of amides is 7. The van der Waals surface area contributed by atoms with Gasteiger partial charge in [-0.2, -0.15) is 0 Å². The topological polar surface area (TPSA) is 297 Å². The van der Waals surface area contributed by atoms with Crippen LogP contribution in [0.25, 0.3) is 0 Å². The Balaban J connectivity index is 1.62. The number of ether oxygens (including phenoxy) is 8. The van der Waals surface area contributed by atoms with Crippen molar-refractivity contribution in [2.45, 2.75) is 98.6 Å². The van der Waals surface area contributed by atoms with Crippen molar-refractivity contribution in [3.05, 3.63) is 29.8 Å². The normalized spacial score (nSPS) is 13.5. The SMILES string of the molecule is CC(C)[C@@H](NC(=O)CCOCCOCCOCCOCCOCCC(=O)ON1C(=O)CCC1=O)C(=O)C[C@H](CCCNC(N)=O)C(=O)Nc1ccc(COC(=O)NCCOCCOCCC(C)(C)C)cc1. The van der Waals surface area contributed by atoms with Crippen molar-refractivity contribution in [2.24, 2.45) is 23.0 Å². The standard InChI is InChI=1S/C48H78N6O17/c1-35(2)44(53-40(56)14-19-63-23-27-67-29-31-69-32-30-68-28-24-64-20-15-43(59)71-54-41(57)12-13-42(54)58)39(55)33-37(7-6-17-50-46(49)61)45(60)52-38-10-8-36(9-11-38)34-70-47(62)51-18-22-66-26-25-65-21-16-48(3,4)5/h8-11,35,37,44H,6-7,12-34H2,1-5H3,(H,51,62)(H,52,60)(H,53,56)(H3,49,50,61)/t37-,44+/m0/s1. The minimum Gasteiger partial charge on any atom is -0.445 e. The zero-order valence-electron chi connectivity index (χ0n) is 42.2. The molecule has 71 heavy (non-hydrogen) atoms. The van der Waals surface area contributed by atoms with Crippen LogP contribution in [0.1, 0.15) is 91.5 Å². The molecule has 6 N–H and O–H groups in total. The molecule has 1 aromatic rings. The predicted molar refractivity (Wildman–Crippen MR) is 256 cm³/mol. The molecule has 0 unspecified atom stereocenters. The van der Waals surface area contributed by atoms with Gasteiger partial charge in [-0.25, -0.2) is 14.4 Å². The van der Waals surface area contributed by atoms with Crippen LogP contribution in [0.2, 0.25) is 0 Å². The molecule has 0 radical (unpaired) electrons. The van der Waals surface area contributed by atoms with Gasteiger partial charge < -0.3 is 69.7 Å². The number of Topliss-reactive ketones (excluding diaryl/α,β-unsaturated/α-hetero) is 1. The largest absolute Gasteiger partial charge is 0.445 e. The summed E-state index contributed by atoms with van der Waals surface area (Å²) in [6.07, 6.45) is 0.744. The third kappa shape index (κ3) is 30.9. The van der Waals surface area contributed by atoms with E-state index in [1.807, 2.05) is 0 Å². The molecule has 1 aliphatic rings. The zero-order valence-corrected chi connectivity index (χ0v) is 42.2. The molecule has 7 amide bonds. The van der Waals surface area contributed by atoms with Gasteiger partial charge in [0.15, 0.2) is 5.78 Å². The van der Waals surface area contributed by atoms with E-state index < -0.39 is 47.8 Å². The number of hydrogen-bond acceptors (Lipinski definition) is 17. The molecule has 0 aromatic heterocycles. The Bertz CT molecular complexity index is 1740. The summed E-state index contributed by atoms with van der Waals surface area (Å²) in [5.74, 6) is -4.01.